The van der Waals surface area contributed by atoms with E-state index in [0.29, 0.717) is 23.1 Å². The van der Waals surface area contributed by atoms with E-state index in [9.17, 15) is 4.39 Å². The summed E-state index contributed by atoms with van der Waals surface area (Å²) in [6.07, 6.45) is 4.87. The monoisotopic (exact) mass is 330 g/mol. The maximum absolute atomic E-state index is 13.7. The number of halogens is 3. The number of nitrogens with one attached hydrogen (secondary N) is 1. The van der Waals surface area contributed by atoms with E-state index in [1.54, 1.807) is 0 Å². The van der Waals surface area contributed by atoms with Crippen LogP contribution in [0.15, 0.2) is 12.1 Å². The fraction of sp³-hybridized carbons (Fsp3) is 0.625. The summed E-state index contributed by atoms with van der Waals surface area (Å²) in [5.41, 5.74) is 0.812. The van der Waals surface area contributed by atoms with Gasteiger partial charge in [-0.25, -0.2) is 4.39 Å². The molecule has 116 valence electrons. The molecule has 0 aliphatic carbocycles. The van der Waals surface area contributed by atoms with Crippen LogP contribution in [-0.2, 0) is 0 Å². The smallest absolute Gasteiger partial charge is 0.142 e. The van der Waals surface area contributed by atoms with Gasteiger partial charge >= 0.3 is 0 Å². The average Bonchev–Trinajstić information content (AvgIpc) is 2.79. The van der Waals surface area contributed by atoms with Gasteiger partial charge in [-0.05, 0) is 57.4 Å². The fourth-order valence-electron chi connectivity index (χ4n) is 3.75. The first-order valence-electron chi connectivity index (χ1n) is 7.58. The normalized spacial score (nSPS) is 29.9. The number of hydrogen-bond acceptors (Lipinski definition) is 2. The Kier molecular flexibility index (Phi) is 4.47. The van der Waals surface area contributed by atoms with Crippen molar-refractivity contribution in [2.45, 2.75) is 56.8 Å². The van der Waals surface area contributed by atoms with Crippen LogP contribution in [0.1, 0.15) is 44.2 Å². The molecular formula is C16H21Cl2FN2. The van der Waals surface area contributed by atoms with Crippen molar-refractivity contribution < 1.29 is 4.39 Å². The molecule has 3 atom stereocenters. The molecule has 0 radical (unpaired) electrons. The summed E-state index contributed by atoms with van der Waals surface area (Å²) < 4.78 is 13.7. The third kappa shape index (κ3) is 3.07. The minimum absolute atomic E-state index is 0.0757. The van der Waals surface area contributed by atoms with Crippen LogP contribution >= 0.6 is 23.2 Å². The van der Waals surface area contributed by atoms with Crippen molar-refractivity contribution in [2.24, 2.45) is 0 Å². The molecule has 2 nitrogen and oxygen atoms in total. The summed E-state index contributed by atoms with van der Waals surface area (Å²) in [5, 5.41) is 4.27. The predicted octanol–water partition coefficient (Wildman–Crippen LogP) is 4.41. The molecule has 1 N–H and O–H groups in total. The van der Waals surface area contributed by atoms with Gasteiger partial charge in [0, 0.05) is 29.2 Å². The van der Waals surface area contributed by atoms with Crippen molar-refractivity contribution in [3.8, 4) is 0 Å². The maximum atomic E-state index is 13.7. The van der Waals surface area contributed by atoms with Crippen LogP contribution < -0.4 is 5.32 Å². The standard InChI is InChI=1S/C16H21Cl2FN2/c1-9(13-7-16(19)15(18)8-14(13)17)21(2)12-5-10-3-4-11(6-12)20-10/h7-12,20H,3-6H2,1-2H3. The van der Waals surface area contributed by atoms with Crippen molar-refractivity contribution in [3.05, 3.63) is 33.6 Å². The lowest BCUT2D eigenvalue weighted by Gasteiger charge is -2.39. The Morgan fingerprint density at radius 1 is 1.19 bits per heavy atom. The predicted molar refractivity (Wildman–Crippen MR) is 85.6 cm³/mol. The van der Waals surface area contributed by atoms with E-state index in [1.807, 2.05) is 0 Å². The lowest BCUT2D eigenvalue weighted by Crippen LogP contribution is -2.47. The molecule has 21 heavy (non-hydrogen) atoms. The van der Waals surface area contributed by atoms with Crippen LogP contribution in [0.3, 0.4) is 0 Å². The molecule has 2 fully saturated rings. The molecule has 0 aromatic heterocycles. The highest BCUT2D eigenvalue weighted by Gasteiger charge is 2.36. The lowest BCUT2D eigenvalue weighted by atomic mass is 9.96. The number of nitrogens with zero attached hydrogens (tertiary/aromatic N) is 1. The molecule has 1 aromatic carbocycles. The minimum atomic E-state index is -0.401. The molecule has 3 unspecified atom stereocenters. The molecule has 1 aromatic rings. The highest BCUT2D eigenvalue weighted by molar-refractivity contribution is 6.35. The summed E-state index contributed by atoms with van der Waals surface area (Å²) in [7, 11) is 2.11. The highest BCUT2D eigenvalue weighted by atomic mass is 35.5. The van der Waals surface area contributed by atoms with Gasteiger partial charge in [0.2, 0.25) is 0 Å². The van der Waals surface area contributed by atoms with E-state index in [4.69, 9.17) is 23.2 Å². The zero-order valence-electron chi connectivity index (χ0n) is 12.4. The lowest BCUT2D eigenvalue weighted by molar-refractivity contribution is 0.132. The third-order valence-corrected chi connectivity index (χ3v) is 5.74. The van der Waals surface area contributed by atoms with Crippen LogP contribution in [0.25, 0.3) is 0 Å². The Morgan fingerprint density at radius 2 is 1.81 bits per heavy atom. The zero-order chi connectivity index (χ0) is 15.1. The van der Waals surface area contributed by atoms with Crippen molar-refractivity contribution in [1.29, 1.82) is 0 Å². The number of benzene rings is 1. The van der Waals surface area contributed by atoms with Gasteiger partial charge in [0.15, 0.2) is 0 Å². The number of rotatable bonds is 3. The van der Waals surface area contributed by atoms with E-state index in [2.05, 4.69) is 24.2 Å². The van der Waals surface area contributed by atoms with E-state index in [1.165, 1.54) is 25.0 Å². The first-order valence-corrected chi connectivity index (χ1v) is 8.33. The molecule has 5 heteroatoms. The Hall–Kier alpha value is -0.350. The first-order chi connectivity index (χ1) is 9.95. The molecule has 2 saturated heterocycles. The Morgan fingerprint density at radius 3 is 2.43 bits per heavy atom. The summed E-state index contributed by atoms with van der Waals surface area (Å²) in [6.45, 7) is 2.08. The number of fused-ring (bicyclic) bond motifs is 2. The van der Waals surface area contributed by atoms with Gasteiger partial charge in [0.25, 0.3) is 0 Å². The second-order valence-corrected chi connectivity index (χ2v) is 7.21. The Bertz CT molecular complexity index is 525. The van der Waals surface area contributed by atoms with E-state index in [0.717, 1.165) is 18.4 Å². The van der Waals surface area contributed by atoms with E-state index in [-0.39, 0.29) is 11.1 Å². The minimum Gasteiger partial charge on any atom is -0.311 e. The Balaban J connectivity index is 1.78. The maximum Gasteiger partial charge on any atom is 0.142 e. The second-order valence-electron chi connectivity index (χ2n) is 6.39. The first kappa shape index (κ1) is 15.5. The van der Waals surface area contributed by atoms with Crippen LogP contribution in [0.2, 0.25) is 10.0 Å². The molecule has 0 spiro atoms. The van der Waals surface area contributed by atoms with Crippen LogP contribution in [0, 0.1) is 5.82 Å². The summed E-state index contributed by atoms with van der Waals surface area (Å²) in [5.74, 6) is -0.401. The topological polar surface area (TPSA) is 15.3 Å². The van der Waals surface area contributed by atoms with Gasteiger partial charge in [-0.2, -0.15) is 0 Å². The van der Waals surface area contributed by atoms with Gasteiger partial charge in [0.05, 0.1) is 5.02 Å². The molecular weight excluding hydrogens is 310 g/mol. The second kappa shape index (κ2) is 6.04. The number of hydrogen-bond donors (Lipinski definition) is 1. The van der Waals surface area contributed by atoms with Crippen molar-refractivity contribution in [2.75, 3.05) is 7.05 Å². The van der Waals surface area contributed by atoms with Crippen LogP contribution in [0.5, 0.6) is 0 Å². The average molecular weight is 331 g/mol. The highest BCUT2D eigenvalue weighted by Crippen LogP contribution is 2.36. The summed E-state index contributed by atoms with van der Waals surface area (Å²) in [4.78, 5) is 2.33. The third-order valence-electron chi connectivity index (χ3n) is 5.12. The molecule has 2 aliphatic heterocycles. The molecule has 0 amide bonds. The van der Waals surface area contributed by atoms with Gasteiger partial charge in [-0.15, -0.1) is 0 Å². The Labute approximate surface area is 135 Å². The van der Waals surface area contributed by atoms with E-state index < -0.39 is 5.82 Å². The van der Waals surface area contributed by atoms with Crippen molar-refractivity contribution >= 4 is 23.2 Å². The van der Waals surface area contributed by atoms with Gasteiger partial charge < -0.3 is 5.32 Å². The molecule has 2 aliphatic rings. The summed E-state index contributed by atoms with van der Waals surface area (Å²) >= 11 is 12.0. The van der Waals surface area contributed by atoms with Crippen molar-refractivity contribution in [1.82, 2.24) is 10.2 Å². The zero-order valence-corrected chi connectivity index (χ0v) is 13.9. The van der Waals surface area contributed by atoms with Crippen LogP contribution in [0.4, 0.5) is 4.39 Å². The largest absolute Gasteiger partial charge is 0.311 e. The van der Waals surface area contributed by atoms with Crippen molar-refractivity contribution in [3.63, 3.8) is 0 Å². The fourth-order valence-corrected chi connectivity index (χ4v) is 4.29. The molecule has 0 saturated carbocycles. The molecule has 2 heterocycles. The van der Waals surface area contributed by atoms with E-state index >= 15 is 0 Å². The van der Waals surface area contributed by atoms with Gasteiger partial charge in [0.1, 0.15) is 5.82 Å². The van der Waals surface area contributed by atoms with Crippen LogP contribution in [-0.4, -0.2) is 30.1 Å². The summed E-state index contributed by atoms with van der Waals surface area (Å²) in [6, 6.07) is 4.85. The van der Waals surface area contributed by atoms with Gasteiger partial charge in [-0.1, -0.05) is 23.2 Å². The van der Waals surface area contributed by atoms with Gasteiger partial charge in [-0.3, -0.25) is 4.90 Å². The SMILES string of the molecule is CC(c1cc(F)c(Cl)cc1Cl)N(C)C1CC2CCC(C1)N2. The number of piperidine rings is 1. The quantitative estimate of drug-likeness (QED) is 0.826. The molecule has 3 rings (SSSR count). The molecule has 2 bridgehead atoms.